The minimum absolute atomic E-state index is 0.151. The molecule has 1 N–H and O–H groups in total. The van der Waals surface area contributed by atoms with Crippen molar-refractivity contribution in [2.24, 2.45) is 11.8 Å². The highest BCUT2D eigenvalue weighted by Crippen LogP contribution is 2.53. The quantitative estimate of drug-likeness (QED) is 0.0510. The van der Waals surface area contributed by atoms with Gasteiger partial charge >= 0.3 is 21.5 Å². The number of halogens is 9. The summed E-state index contributed by atoms with van der Waals surface area (Å²) in [7, 11) is 3.60. The fourth-order valence-electron chi connectivity index (χ4n) is 5.70. The summed E-state index contributed by atoms with van der Waals surface area (Å²) in [5, 5.41) is 7.00. The minimum atomic E-state index is -2.46. The van der Waals surface area contributed by atoms with Crippen LogP contribution in [0.15, 0.2) is 12.7 Å². The van der Waals surface area contributed by atoms with Gasteiger partial charge in [0.05, 0.1) is 20.0 Å². The Hall–Kier alpha value is 1.76. The minimum Gasteiger partial charge on any atom is -0.400 e. The van der Waals surface area contributed by atoms with Crippen molar-refractivity contribution >= 4 is 88.0 Å². The Labute approximate surface area is 317 Å². The van der Waals surface area contributed by atoms with Crippen LogP contribution in [0.3, 0.4) is 0 Å². The average molecular weight is 854 g/mol. The smallest absolute Gasteiger partial charge is 0.400 e. The van der Waals surface area contributed by atoms with E-state index in [2.05, 4.69) is 6.58 Å². The van der Waals surface area contributed by atoms with E-state index in [1.807, 2.05) is 6.08 Å². The first-order valence-electron chi connectivity index (χ1n) is 16.8. The molecule has 2 rings (SSSR count). The maximum Gasteiger partial charge on any atom is 0.503 e. The third kappa shape index (κ3) is 28.0. The number of unbranched alkanes of at least 4 members (excludes halogenated alkanes) is 9. The molecule has 0 spiro atoms. The number of hydrogen-bond donors (Lipinski definition) is 1. The first-order chi connectivity index (χ1) is 22.4. The van der Waals surface area contributed by atoms with Crippen LogP contribution in [0.25, 0.3) is 0 Å². The first kappa shape index (κ1) is 53.1. The largest absolute Gasteiger partial charge is 0.503 e. The van der Waals surface area contributed by atoms with E-state index in [1.165, 1.54) is 32.1 Å². The molecule has 2 saturated carbocycles. The Morgan fingerprint density at radius 1 is 0.638 bits per heavy atom. The molecule has 16 heteroatoms. The second-order valence-corrected chi connectivity index (χ2v) is 30.0. The van der Waals surface area contributed by atoms with E-state index in [1.54, 1.807) is 21.3 Å². The van der Waals surface area contributed by atoms with Gasteiger partial charge in [-0.15, -0.1) is 73.1 Å². The van der Waals surface area contributed by atoms with Gasteiger partial charge in [0.15, 0.2) is 0 Å². The number of rotatable bonds is 22. The van der Waals surface area contributed by atoms with Gasteiger partial charge in [0, 0.05) is 34.0 Å². The van der Waals surface area contributed by atoms with Crippen LogP contribution in [-0.2, 0) is 13.3 Å². The third-order valence-electron chi connectivity index (χ3n) is 8.52. The summed E-state index contributed by atoms with van der Waals surface area (Å²) >= 11 is 32.8. The van der Waals surface area contributed by atoms with Crippen molar-refractivity contribution in [1.29, 1.82) is 0 Å². The molecule has 0 saturated heterocycles. The summed E-state index contributed by atoms with van der Waals surface area (Å²) in [6, 6.07) is -2.46. The Balaban J connectivity index is -0.000000584. The summed E-state index contributed by atoms with van der Waals surface area (Å²) in [5.74, 6) is 1.25. The van der Waals surface area contributed by atoms with E-state index < -0.39 is 21.5 Å². The standard InChI is InChI=1S/C12H25FO3Si.C9H16Cl3FSi.C9H17F.CH4O.Cl3HSi/c1-14-17(15-2,16-3)12-9-8-11(12)7-5-4-6-10-13;10-14(11,12)9-6-5-8(9)4-2-1-3-7-13;1-2-3-4-5-6-7-8-9-10;1-2;1-4(2)3/h11-12H,4-10H2,1-3H3;8-9H,1-7H2;2H,1,3-9H2;2H,1H3;4H. The zero-order chi connectivity index (χ0) is 36.6. The van der Waals surface area contributed by atoms with Gasteiger partial charge in [0.1, 0.15) is 0 Å². The molecule has 0 bridgehead atoms. The topological polar surface area (TPSA) is 47.9 Å². The van der Waals surface area contributed by atoms with Crippen molar-refractivity contribution in [2.45, 2.75) is 127 Å². The van der Waals surface area contributed by atoms with Crippen molar-refractivity contribution < 1.29 is 31.6 Å². The molecule has 2 fully saturated rings. The average Bonchev–Trinajstić information content (AvgIpc) is 3.01. The Morgan fingerprint density at radius 3 is 1.28 bits per heavy atom. The number of aliphatic hydroxyl groups excluding tert-OH is 1. The molecule has 47 heavy (non-hydrogen) atoms. The zero-order valence-corrected chi connectivity index (χ0v) is 36.8. The number of allylic oxidation sites excluding steroid dienone is 1. The van der Waals surface area contributed by atoms with Crippen LogP contribution < -0.4 is 0 Å². The van der Waals surface area contributed by atoms with E-state index in [-0.39, 0.29) is 20.0 Å². The van der Waals surface area contributed by atoms with Gasteiger partial charge in [-0.25, -0.2) is 0 Å². The lowest BCUT2D eigenvalue weighted by Crippen LogP contribution is -2.53. The SMILES string of the molecule is C=CCCCCCCCF.CO.CO[Si](OC)(OC)C1CCC1CCCCCF.Cl[SiH](Cl)Cl.FCCCCCC1CCC1[Si](Cl)(Cl)Cl. The zero-order valence-electron chi connectivity index (χ0n) is 29.1. The second kappa shape index (κ2) is 36.1. The molecule has 0 heterocycles. The summed E-state index contributed by atoms with van der Waals surface area (Å²) in [4.78, 5) is 0. The molecular weight excluding hydrogens is 790 g/mol. The van der Waals surface area contributed by atoms with Crippen LogP contribution in [0, 0.1) is 11.8 Å². The van der Waals surface area contributed by atoms with Crippen LogP contribution >= 0.6 is 66.5 Å². The van der Waals surface area contributed by atoms with E-state index in [9.17, 15) is 13.2 Å². The van der Waals surface area contributed by atoms with Crippen LogP contribution in [0.2, 0.25) is 11.1 Å². The summed E-state index contributed by atoms with van der Waals surface area (Å²) < 4.78 is 52.0. The third-order valence-corrected chi connectivity index (χ3v) is 16.0. The Bertz CT molecular complexity index is 665. The Kier molecular flexibility index (Phi) is 40.8. The van der Waals surface area contributed by atoms with E-state index in [4.69, 9.17) is 84.9 Å². The maximum absolute atomic E-state index is 12.0. The fraction of sp³-hybridized carbons (Fsp3) is 0.935. The molecule has 4 nitrogen and oxygen atoms in total. The second-order valence-electron chi connectivity index (χ2n) is 11.5. The molecular formula is C31H63Cl6F3O4Si3. The van der Waals surface area contributed by atoms with Crippen molar-refractivity contribution in [2.75, 3.05) is 48.5 Å². The summed E-state index contributed by atoms with van der Waals surface area (Å²) in [6.07, 6.45) is 20.9. The highest BCUT2D eigenvalue weighted by atomic mass is 35.8. The van der Waals surface area contributed by atoms with Crippen molar-refractivity contribution in [3.8, 4) is 0 Å². The molecule has 2 aliphatic rings. The molecule has 0 aromatic rings. The summed E-state index contributed by atoms with van der Waals surface area (Å²) in [6.45, 7) is 1.37. The highest BCUT2D eigenvalue weighted by molar-refractivity contribution is 7.65. The lowest BCUT2D eigenvalue weighted by Gasteiger charge is -2.44. The molecule has 2 aliphatic carbocycles. The highest BCUT2D eigenvalue weighted by Gasteiger charge is 2.54. The Morgan fingerprint density at radius 2 is 0.979 bits per heavy atom. The lowest BCUT2D eigenvalue weighted by molar-refractivity contribution is 0.0764. The van der Waals surface area contributed by atoms with Gasteiger partial charge in [-0.2, -0.15) is 0 Å². The number of alkyl halides is 3. The van der Waals surface area contributed by atoms with Gasteiger partial charge in [0.2, 0.25) is 0 Å². The van der Waals surface area contributed by atoms with Gasteiger partial charge in [-0.3, -0.25) is 13.2 Å². The first-order valence-corrected chi connectivity index (χ1v) is 29.0. The predicted octanol–water partition coefficient (Wildman–Crippen LogP) is 12.6. The van der Waals surface area contributed by atoms with E-state index in [0.29, 0.717) is 35.8 Å². The normalized spacial score (nSPS) is 20.1. The van der Waals surface area contributed by atoms with Crippen LogP contribution in [0.5, 0.6) is 0 Å². The molecule has 0 aromatic heterocycles. The molecule has 4 atom stereocenters. The molecule has 0 aromatic carbocycles. The lowest BCUT2D eigenvalue weighted by atomic mass is 9.81. The van der Waals surface area contributed by atoms with E-state index in [0.717, 1.165) is 77.7 Å². The van der Waals surface area contributed by atoms with Crippen LogP contribution in [0.1, 0.15) is 116 Å². The fourth-order valence-corrected chi connectivity index (χ4v) is 12.5. The van der Waals surface area contributed by atoms with Crippen molar-refractivity contribution in [3.63, 3.8) is 0 Å². The van der Waals surface area contributed by atoms with Gasteiger partial charge in [-0.1, -0.05) is 70.3 Å². The summed E-state index contributed by atoms with van der Waals surface area (Å²) in [5.41, 5.74) is 0.797. The monoisotopic (exact) mass is 850 g/mol. The van der Waals surface area contributed by atoms with Crippen LogP contribution in [0.4, 0.5) is 13.2 Å². The van der Waals surface area contributed by atoms with E-state index >= 15 is 0 Å². The van der Waals surface area contributed by atoms with Crippen LogP contribution in [-0.4, -0.2) is 75.1 Å². The molecule has 286 valence electrons. The molecule has 0 aliphatic heterocycles. The van der Waals surface area contributed by atoms with Gasteiger partial charge in [-0.05, 0) is 68.7 Å². The predicted molar refractivity (Wildman–Crippen MR) is 209 cm³/mol. The van der Waals surface area contributed by atoms with Gasteiger partial charge in [0.25, 0.3) is 0 Å². The molecule has 4 unspecified atom stereocenters. The van der Waals surface area contributed by atoms with Gasteiger partial charge < -0.3 is 18.4 Å². The molecule has 0 radical (unpaired) electrons. The van der Waals surface area contributed by atoms with Crippen molar-refractivity contribution in [3.05, 3.63) is 12.7 Å². The maximum atomic E-state index is 12.0. The number of hydrogen-bond acceptors (Lipinski definition) is 4. The molecule has 0 amide bonds. The van der Waals surface area contributed by atoms with Crippen molar-refractivity contribution in [1.82, 2.24) is 0 Å². The number of aliphatic hydroxyl groups is 1.